The molecule has 0 radical (unpaired) electrons. The zero-order valence-electron chi connectivity index (χ0n) is 9.61. The van der Waals surface area contributed by atoms with Gasteiger partial charge < -0.3 is 9.84 Å². The van der Waals surface area contributed by atoms with Crippen LogP contribution < -0.4 is 4.74 Å². The molecule has 88 valence electrons. The molecule has 1 fully saturated rings. The lowest BCUT2D eigenvalue weighted by Gasteiger charge is -2.41. The van der Waals surface area contributed by atoms with Crippen molar-refractivity contribution in [3.63, 3.8) is 0 Å². The first-order valence-corrected chi connectivity index (χ1v) is 5.68. The van der Waals surface area contributed by atoms with E-state index in [0.717, 1.165) is 18.4 Å². The Balaban J connectivity index is 2.19. The van der Waals surface area contributed by atoms with Crippen molar-refractivity contribution in [1.29, 1.82) is 0 Å². The predicted octanol–water partition coefficient (Wildman–Crippen LogP) is 2.71. The first kappa shape index (κ1) is 11.4. The van der Waals surface area contributed by atoms with E-state index in [1.807, 2.05) is 6.07 Å². The van der Waals surface area contributed by atoms with Crippen molar-refractivity contribution in [2.45, 2.75) is 31.8 Å². The maximum Gasteiger partial charge on any atom is 0.165 e. The highest BCUT2D eigenvalue weighted by Crippen LogP contribution is 2.45. The van der Waals surface area contributed by atoms with Gasteiger partial charge in [-0.1, -0.05) is 19.4 Å². The molecule has 0 aliphatic heterocycles. The molecule has 3 atom stereocenters. The van der Waals surface area contributed by atoms with Crippen LogP contribution in [0.4, 0.5) is 4.39 Å². The second-order valence-corrected chi connectivity index (χ2v) is 4.38. The summed E-state index contributed by atoms with van der Waals surface area (Å²) in [4.78, 5) is 0. The third-order valence-corrected chi connectivity index (χ3v) is 3.58. The van der Waals surface area contributed by atoms with Crippen LogP contribution in [0.1, 0.15) is 31.2 Å². The van der Waals surface area contributed by atoms with Crippen LogP contribution in [0.2, 0.25) is 0 Å². The molecular formula is C13H17FO2. The zero-order valence-corrected chi connectivity index (χ0v) is 9.61. The van der Waals surface area contributed by atoms with Gasteiger partial charge in [0, 0.05) is 0 Å². The SMILES string of the molecule is CCC1C(O)CC1c1ccc(OC)c(F)c1. The molecule has 1 aromatic carbocycles. The number of methoxy groups -OCH3 is 1. The Labute approximate surface area is 95.1 Å². The Hall–Kier alpha value is -1.09. The number of aliphatic hydroxyl groups excluding tert-OH is 1. The minimum absolute atomic E-state index is 0.222. The smallest absolute Gasteiger partial charge is 0.165 e. The van der Waals surface area contributed by atoms with Crippen LogP contribution in [0.25, 0.3) is 0 Å². The normalized spacial score (nSPS) is 28.6. The van der Waals surface area contributed by atoms with E-state index in [1.165, 1.54) is 13.2 Å². The van der Waals surface area contributed by atoms with E-state index in [2.05, 4.69) is 6.92 Å². The summed E-state index contributed by atoms with van der Waals surface area (Å²) < 4.78 is 18.4. The molecule has 3 unspecified atom stereocenters. The van der Waals surface area contributed by atoms with Crippen LogP contribution >= 0.6 is 0 Å². The lowest BCUT2D eigenvalue weighted by atomic mass is 9.66. The molecule has 0 amide bonds. The van der Waals surface area contributed by atoms with Gasteiger partial charge in [-0.3, -0.25) is 0 Å². The lowest BCUT2D eigenvalue weighted by molar-refractivity contribution is -0.000834. The van der Waals surface area contributed by atoms with Crippen molar-refractivity contribution in [2.75, 3.05) is 7.11 Å². The van der Waals surface area contributed by atoms with E-state index in [4.69, 9.17) is 4.74 Å². The summed E-state index contributed by atoms with van der Waals surface area (Å²) in [6, 6.07) is 5.07. The minimum atomic E-state index is -0.323. The molecule has 3 heteroatoms. The first-order valence-electron chi connectivity index (χ1n) is 5.68. The molecule has 1 saturated carbocycles. The van der Waals surface area contributed by atoms with Crippen LogP contribution in [0.5, 0.6) is 5.75 Å². The molecule has 1 aliphatic rings. The van der Waals surface area contributed by atoms with Gasteiger partial charge >= 0.3 is 0 Å². The first-order chi connectivity index (χ1) is 7.67. The van der Waals surface area contributed by atoms with Crippen molar-refractivity contribution < 1.29 is 14.2 Å². The van der Waals surface area contributed by atoms with Gasteiger partial charge in [0.2, 0.25) is 0 Å². The van der Waals surface area contributed by atoms with Gasteiger partial charge in [0.1, 0.15) is 0 Å². The van der Waals surface area contributed by atoms with Gasteiger partial charge in [0.25, 0.3) is 0 Å². The van der Waals surface area contributed by atoms with Gasteiger partial charge in [0.15, 0.2) is 11.6 Å². The molecule has 1 aliphatic carbocycles. The highest BCUT2D eigenvalue weighted by atomic mass is 19.1. The summed E-state index contributed by atoms with van der Waals surface area (Å²) in [6.45, 7) is 2.06. The summed E-state index contributed by atoms with van der Waals surface area (Å²) in [7, 11) is 1.46. The van der Waals surface area contributed by atoms with Gasteiger partial charge in [-0.2, -0.15) is 0 Å². The summed E-state index contributed by atoms with van der Waals surface area (Å²) in [5, 5.41) is 9.59. The van der Waals surface area contributed by atoms with Crippen molar-refractivity contribution in [1.82, 2.24) is 0 Å². The average molecular weight is 224 g/mol. The number of hydrogen-bond donors (Lipinski definition) is 1. The van der Waals surface area contributed by atoms with Crippen LogP contribution in [0.15, 0.2) is 18.2 Å². The number of rotatable bonds is 3. The highest BCUT2D eigenvalue weighted by molar-refractivity contribution is 5.33. The van der Waals surface area contributed by atoms with Crippen molar-refractivity contribution in [3.8, 4) is 5.75 Å². The Morgan fingerprint density at radius 2 is 2.25 bits per heavy atom. The van der Waals surface area contributed by atoms with E-state index in [-0.39, 0.29) is 23.6 Å². The number of ether oxygens (including phenoxy) is 1. The Bertz CT molecular complexity index is 378. The molecule has 1 aromatic rings. The molecule has 1 N–H and O–H groups in total. The summed E-state index contributed by atoms with van der Waals surface area (Å²) in [5.74, 6) is 0.515. The third kappa shape index (κ3) is 1.80. The number of aliphatic hydroxyl groups is 1. The van der Waals surface area contributed by atoms with E-state index in [0.29, 0.717) is 5.92 Å². The lowest BCUT2D eigenvalue weighted by Crippen LogP contribution is -2.39. The molecule has 0 bridgehead atoms. The van der Waals surface area contributed by atoms with Crippen LogP contribution in [-0.4, -0.2) is 18.3 Å². The standard InChI is InChI=1S/C13H17FO2/c1-3-9-10(7-12(9)15)8-4-5-13(16-2)11(14)6-8/h4-6,9-10,12,15H,3,7H2,1-2H3. The fourth-order valence-electron chi connectivity index (χ4n) is 2.54. The topological polar surface area (TPSA) is 29.5 Å². The third-order valence-electron chi connectivity index (χ3n) is 3.58. The van der Waals surface area contributed by atoms with Crippen molar-refractivity contribution in [3.05, 3.63) is 29.6 Å². The Morgan fingerprint density at radius 1 is 1.50 bits per heavy atom. The fraction of sp³-hybridized carbons (Fsp3) is 0.538. The summed E-state index contributed by atoms with van der Waals surface area (Å²) in [5.41, 5.74) is 0.968. The van der Waals surface area contributed by atoms with E-state index in [1.54, 1.807) is 6.07 Å². The number of benzene rings is 1. The molecule has 0 spiro atoms. The largest absolute Gasteiger partial charge is 0.494 e. The second kappa shape index (κ2) is 4.42. The summed E-state index contributed by atoms with van der Waals surface area (Å²) >= 11 is 0. The van der Waals surface area contributed by atoms with E-state index in [9.17, 15) is 9.50 Å². The fourth-order valence-corrected chi connectivity index (χ4v) is 2.54. The molecular weight excluding hydrogens is 207 g/mol. The maximum atomic E-state index is 13.5. The molecule has 0 aromatic heterocycles. The quantitative estimate of drug-likeness (QED) is 0.855. The molecule has 2 nitrogen and oxygen atoms in total. The van der Waals surface area contributed by atoms with Gasteiger partial charge in [-0.05, 0) is 36.0 Å². The summed E-state index contributed by atoms with van der Waals surface area (Å²) in [6.07, 6.45) is 1.45. The molecule has 0 heterocycles. The maximum absolute atomic E-state index is 13.5. The number of halogens is 1. The van der Waals surface area contributed by atoms with Crippen LogP contribution in [0.3, 0.4) is 0 Å². The monoisotopic (exact) mass is 224 g/mol. The van der Waals surface area contributed by atoms with Crippen LogP contribution in [-0.2, 0) is 0 Å². The van der Waals surface area contributed by atoms with E-state index < -0.39 is 0 Å². The second-order valence-electron chi connectivity index (χ2n) is 4.38. The highest BCUT2D eigenvalue weighted by Gasteiger charge is 2.39. The van der Waals surface area contributed by atoms with Crippen molar-refractivity contribution in [2.24, 2.45) is 5.92 Å². The number of hydrogen-bond acceptors (Lipinski definition) is 2. The van der Waals surface area contributed by atoms with Gasteiger partial charge in [0.05, 0.1) is 13.2 Å². The van der Waals surface area contributed by atoms with Crippen molar-refractivity contribution >= 4 is 0 Å². The van der Waals surface area contributed by atoms with Crippen LogP contribution in [0, 0.1) is 11.7 Å². The zero-order chi connectivity index (χ0) is 11.7. The minimum Gasteiger partial charge on any atom is -0.494 e. The molecule has 0 saturated heterocycles. The predicted molar refractivity (Wildman–Crippen MR) is 60.1 cm³/mol. The Morgan fingerprint density at radius 3 is 2.75 bits per heavy atom. The average Bonchev–Trinajstić information content (AvgIpc) is 2.26. The van der Waals surface area contributed by atoms with E-state index >= 15 is 0 Å². The Kier molecular flexibility index (Phi) is 3.15. The molecule has 16 heavy (non-hydrogen) atoms. The molecule has 2 rings (SSSR count). The van der Waals surface area contributed by atoms with Gasteiger partial charge in [-0.15, -0.1) is 0 Å². The van der Waals surface area contributed by atoms with Gasteiger partial charge in [-0.25, -0.2) is 4.39 Å².